The van der Waals surface area contributed by atoms with Crippen LogP contribution in [0.25, 0.3) is 0 Å². The molecule has 0 saturated heterocycles. The van der Waals surface area contributed by atoms with Crippen LogP contribution in [0.1, 0.15) is 252 Å². The lowest BCUT2D eigenvalue weighted by atomic mass is 10.0. The highest BCUT2D eigenvalue weighted by atomic mass is 16.6. The van der Waals surface area contributed by atoms with E-state index in [0.29, 0.717) is 19.3 Å². The molecule has 71 heavy (non-hydrogen) atoms. The molecular weight excluding hydrogens is 877 g/mol. The smallest absolute Gasteiger partial charge is 0.306 e. The van der Waals surface area contributed by atoms with Gasteiger partial charge in [-0.1, -0.05) is 258 Å². The van der Waals surface area contributed by atoms with E-state index >= 15 is 0 Å². The number of carbonyl (C=O) groups excluding carboxylic acids is 3. The number of esters is 3. The largest absolute Gasteiger partial charge is 0.462 e. The first kappa shape index (κ1) is 66.8. The SMILES string of the molecule is CC/C=C\C/C=C\C/C=C\C/C=C\C/C=C\C/C=C\CCCCCCCCCCCCCCCCC(=O)OCC(COC(=O)CCCCCCCCC)OC(=O)CC/C=C\C/C=C\C/C=C\C/C=C\CC. The molecule has 0 rings (SSSR count). The third-order valence-corrected chi connectivity index (χ3v) is 12.0. The van der Waals surface area contributed by atoms with Crippen LogP contribution < -0.4 is 0 Å². The highest BCUT2D eigenvalue weighted by Gasteiger charge is 2.19. The number of ether oxygens (including phenoxy) is 3. The first-order valence-electron chi connectivity index (χ1n) is 29.0. The maximum Gasteiger partial charge on any atom is 0.306 e. The molecule has 0 N–H and O–H groups in total. The first-order valence-corrected chi connectivity index (χ1v) is 29.0. The van der Waals surface area contributed by atoms with E-state index in [4.69, 9.17) is 14.2 Å². The number of rotatable bonds is 51. The molecule has 0 aliphatic heterocycles. The Morgan fingerprint density at radius 1 is 0.296 bits per heavy atom. The van der Waals surface area contributed by atoms with Gasteiger partial charge in [-0.25, -0.2) is 0 Å². The van der Waals surface area contributed by atoms with E-state index < -0.39 is 12.1 Å². The van der Waals surface area contributed by atoms with Gasteiger partial charge in [0.25, 0.3) is 0 Å². The molecule has 6 heteroatoms. The minimum atomic E-state index is -0.813. The maximum absolute atomic E-state index is 12.7. The average molecular weight is 984 g/mol. The summed E-state index contributed by atoms with van der Waals surface area (Å²) in [7, 11) is 0. The minimum Gasteiger partial charge on any atom is -0.462 e. The van der Waals surface area contributed by atoms with Crippen molar-refractivity contribution in [2.24, 2.45) is 0 Å². The van der Waals surface area contributed by atoms with Gasteiger partial charge in [0.1, 0.15) is 13.2 Å². The van der Waals surface area contributed by atoms with E-state index in [9.17, 15) is 14.4 Å². The van der Waals surface area contributed by atoms with Crippen molar-refractivity contribution >= 4 is 17.9 Å². The molecular formula is C65H106O6. The summed E-state index contributed by atoms with van der Waals surface area (Å²) < 4.78 is 16.7. The van der Waals surface area contributed by atoms with Crippen LogP contribution in [0, 0.1) is 0 Å². The highest BCUT2D eigenvalue weighted by molar-refractivity contribution is 5.71. The lowest BCUT2D eigenvalue weighted by Gasteiger charge is -2.18. The van der Waals surface area contributed by atoms with Crippen LogP contribution in [0.5, 0.6) is 0 Å². The second kappa shape index (κ2) is 58.4. The number of hydrogen-bond donors (Lipinski definition) is 0. The van der Waals surface area contributed by atoms with Crippen molar-refractivity contribution in [1.82, 2.24) is 0 Å². The first-order chi connectivity index (χ1) is 35.0. The summed E-state index contributed by atoms with van der Waals surface area (Å²) in [5, 5.41) is 0. The van der Waals surface area contributed by atoms with Gasteiger partial charge in [-0.3, -0.25) is 14.4 Å². The molecule has 1 unspecified atom stereocenters. The van der Waals surface area contributed by atoms with Crippen molar-refractivity contribution in [3.63, 3.8) is 0 Å². The number of unbranched alkanes of at least 4 members (excludes halogenated alkanes) is 20. The Bertz CT molecular complexity index is 1500. The molecule has 0 saturated carbocycles. The van der Waals surface area contributed by atoms with Crippen molar-refractivity contribution in [1.29, 1.82) is 0 Å². The zero-order valence-corrected chi connectivity index (χ0v) is 45.9. The fraction of sp³-hybridized carbons (Fsp3) is 0.646. The molecule has 0 radical (unpaired) electrons. The van der Waals surface area contributed by atoms with Gasteiger partial charge in [-0.05, 0) is 96.3 Å². The van der Waals surface area contributed by atoms with Crippen LogP contribution >= 0.6 is 0 Å². The Hall–Kier alpha value is -4.19. The minimum absolute atomic E-state index is 0.107. The molecule has 402 valence electrons. The Balaban J connectivity index is 4.08. The fourth-order valence-electron chi connectivity index (χ4n) is 7.69. The average Bonchev–Trinajstić information content (AvgIpc) is 3.37. The summed E-state index contributed by atoms with van der Waals surface area (Å²) in [5.74, 6) is -0.999. The quantitative estimate of drug-likeness (QED) is 0.0261. The number of allylic oxidation sites excluding steroid dienone is 20. The number of hydrogen-bond acceptors (Lipinski definition) is 6. The van der Waals surface area contributed by atoms with Crippen molar-refractivity contribution in [2.75, 3.05) is 13.2 Å². The predicted octanol–water partition coefficient (Wildman–Crippen LogP) is 19.6. The van der Waals surface area contributed by atoms with Crippen molar-refractivity contribution in [3.05, 3.63) is 122 Å². The van der Waals surface area contributed by atoms with Crippen LogP contribution in [-0.4, -0.2) is 37.2 Å². The summed E-state index contributed by atoms with van der Waals surface area (Å²) in [6.07, 6.45) is 81.1. The van der Waals surface area contributed by atoms with Gasteiger partial charge in [0.15, 0.2) is 6.10 Å². The van der Waals surface area contributed by atoms with Crippen LogP contribution in [0.2, 0.25) is 0 Å². The van der Waals surface area contributed by atoms with Gasteiger partial charge in [0.05, 0.1) is 0 Å². The monoisotopic (exact) mass is 983 g/mol. The molecule has 0 aliphatic rings. The number of carbonyl (C=O) groups is 3. The summed E-state index contributed by atoms with van der Waals surface area (Å²) in [4.78, 5) is 37.8. The lowest BCUT2D eigenvalue weighted by Crippen LogP contribution is -2.30. The summed E-state index contributed by atoms with van der Waals surface area (Å²) in [6, 6.07) is 0. The van der Waals surface area contributed by atoms with E-state index in [1.165, 1.54) is 103 Å². The third kappa shape index (κ3) is 56.6. The van der Waals surface area contributed by atoms with Gasteiger partial charge in [-0.15, -0.1) is 0 Å². The van der Waals surface area contributed by atoms with Gasteiger partial charge in [0.2, 0.25) is 0 Å². The molecule has 0 aromatic carbocycles. The summed E-state index contributed by atoms with van der Waals surface area (Å²) in [6.45, 7) is 6.29. The van der Waals surface area contributed by atoms with Gasteiger partial charge < -0.3 is 14.2 Å². The van der Waals surface area contributed by atoms with E-state index in [0.717, 1.165) is 103 Å². The Morgan fingerprint density at radius 2 is 0.577 bits per heavy atom. The van der Waals surface area contributed by atoms with Crippen LogP contribution in [-0.2, 0) is 28.6 Å². The normalized spacial score (nSPS) is 13.0. The van der Waals surface area contributed by atoms with Crippen molar-refractivity contribution in [3.8, 4) is 0 Å². The van der Waals surface area contributed by atoms with E-state index in [-0.39, 0.29) is 31.6 Å². The molecule has 0 spiro atoms. The summed E-state index contributed by atoms with van der Waals surface area (Å²) >= 11 is 0. The van der Waals surface area contributed by atoms with Crippen LogP contribution in [0.15, 0.2) is 122 Å². The van der Waals surface area contributed by atoms with E-state index in [1.54, 1.807) is 0 Å². The summed E-state index contributed by atoms with van der Waals surface area (Å²) in [5.41, 5.74) is 0. The van der Waals surface area contributed by atoms with Crippen molar-refractivity contribution in [2.45, 2.75) is 258 Å². The van der Waals surface area contributed by atoms with E-state index in [1.807, 2.05) is 12.2 Å². The second-order valence-corrected chi connectivity index (χ2v) is 18.8. The van der Waals surface area contributed by atoms with Gasteiger partial charge >= 0.3 is 17.9 Å². The topological polar surface area (TPSA) is 78.9 Å². The van der Waals surface area contributed by atoms with E-state index in [2.05, 4.69) is 130 Å². The molecule has 0 aromatic heterocycles. The zero-order valence-electron chi connectivity index (χ0n) is 45.9. The molecule has 0 aromatic rings. The molecule has 0 heterocycles. The Morgan fingerprint density at radius 3 is 0.915 bits per heavy atom. The second-order valence-electron chi connectivity index (χ2n) is 18.8. The fourth-order valence-corrected chi connectivity index (χ4v) is 7.69. The Labute approximate surface area is 437 Å². The lowest BCUT2D eigenvalue weighted by molar-refractivity contribution is -0.166. The maximum atomic E-state index is 12.7. The predicted molar refractivity (Wildman–Crippen MR) is 306 cm³/mol. The van der Waals surface area contributed by atoms with Crippen LogP contribution in [0.3, 0.4) is 0 Å². The standard InChI is InChI=1S/C65H106O6/c1-4-7-10-13-16-18-20-22-23-24-25-26-27-28-29-30-31-32-33-34-35-36-37-38-39-40-41-43-44-46-49-52-55-58-64(67)70-61-62(60-69-63(66)57-54-51-48-15-12-9-6-3)71-65(68)59-56-53-50-47-45-42-21-19-17-14-11-8-5-2/h7-8,10-11,16-19,22-23,25-26,28-29,31-32,42,45,50,53,62H,4-6,9,12-15,20-21,24,27,30,33-41,43-44,46-49,51-52,54-61H2,1-3H3/b10-7-,11-8-,18-16-,19-17-,23-22-,26-25-,29-28-,32-31-,45-42-,53-50-. The molecule has 1 atom stereocenters. The molecule has 0 amide bonds. The Kier molecular flexibility index (Phi) is 54.9. The van der Waals surface area contributed by atoms with Crippen LogP contribution in [0.4, 0.5) is 0 Å². The zero-order chi connectivity index (χ0) is 51.4. The van der Waals surface area contributed by atoms with Gasteiger partial charge in [0, 0.05) is 19.3 Å². The molecule has 0 bridgehead atoms. The highest BCUT2D eigenvalue weighted by Crippen LogP contribution is 2.15. The van der Waals surface area contributed by atoms with Crippen molar-refractivity contribution < 1.29 is 28.6 Å². The molecule has 6 nitrogen and oxygen atoms in total. The van der Waals surface area contributed by atoms with Gasteiger partial charge in [-0.2, -0.15) is 0 Å². The molecule has 0 aliphatic carbocycles. The third-order valence-electron chi connectivity index (χ3n) is 12.0. The molecule has 0 fully saturated rings.